The molecule has 3 atom stereocenters. The Morgan fingerprint density at radius 2 is 1.87 bits per heavy atom. The molecule has 2 N–H and O–H groups in total. The molecule has 0 aromatic heterocycles. The van der Waals surface area contributed by atoms with Gasteiger partial charge in [0.1, 0.15) is 0 Å². The van der Waals surface area contributed by atoms with Gasteiger partial charge in [-0.25, -0.2) is 0 Å². The average molecular weight is 321 g/mol. The summed E-state index contributed by atoms with van der Waals surface area (Å²) < 4.78 is 11.1. The summed E-state index contributed by atoms with van der Waals surface area (Å²) in [6.45, 7) is 6.73. The van der Waals surface area contributed by atoms with Gasteiger partial charge >= 0.3 is 5.97 Å². The van der Waals surface area contributed by atoms with Crippen LogP contribution in [0, 0.1) is 11.8 Å². The molecule has 0 spiro atoms. The number of rotatable bonds is 8. The number of carbonyl (C=O) groups is 2. The van der Waals surface area contributed by atoms with Crippen LogP contribution in [0.5, 0.6) is 11.5 Å². The molecule has 0 radical (unpaired) electrons. The number of carbonyl (C=O) groups excluding carboxylic acids is 1. The van der Waals surface area contributed by atoms with Crippen molar-refractivity contribution in [1.82, 2.24) is 5.32 Å². The minimum atomic E-state index is -0.905. The van der Waals surface area contributed by atoms with E-state index in [2.05, 4.69) is 5.32 Å². The molecular weight excluding hydrogens is 298 g/mol. The SMILES string of the molecule is CCOc1ccc(C(C)NC(=O)C2CC2C(=O)O)cc1OCC. The molecule has 2 rings (SSSR count). The fourth-order valence-corrected chi connectivity index (χ4v) is 2.50. The topological polar surface area (TPSA) is 84.9 Å². The quantitative estimate of drug-likeness (QED) is 0.768. The fraction of sp³-hybridized carbons (Fsp3) is 0.529. The molecule has 1 fully saturated rings. The molecular formula is C17H23NO5. The van der Waals surface area contributed by atoms with Gasteiger partial charge in [-0.15, -0.1) is 0 Å². The van der Waals surface area contributed by atoms with E-state index in [1.807, 2.05) is 39.0 Å². The van der Waals surface area contributed by atoms with Crippen LogP contribution in [-0.4, -0.2) is 30.2 Å². The lowest BCUT2D eigenvalue weighted by molar-refractivity contribution is -0.140. The Balaban J connectivity index is 2.04. The third kappa shape index (κ3) is 4.15. The molecule has 0 saturated heterocycles. The maximum Gasteiger partial charge on any atom is 0.307 e. The monoisotopic (exact) mass is 321 g/mol. The number of hydrogen-bond donors (Lipinski definition) is 2. The molecule has 23 heavy (non-hydrogen) atoms. The van der Waals surface area contributed by atoms with Crippen LogP contribution in [0.25, 0.3) is 0 Å². The van der Waals surface area contributed by atoms with Crippen LogP contribution in [0.2, 0.25) is 0 Å². The first kappa shape index (κ1) is 17.1. The van der Waals surface area contributed by atoms with Crippen LogP contribution in [0.15, 0.2) is 18.2 Å². The van der Waals surface area contributed by atoms with Gasteiger partial charge in [0.2, 0.25) is 5.91 Å². The zero-order chi connectivity index (χ0) is 17.0. The van der Waals surface area contributed by atoms with Crippen LogP contribution < -0.4 is 14.8 Å². The molecule has 0 bridgehead atoms. The first-order chi connectivity index (χ1) is 11.0. The van der Waals surface area contributed by atoms with Gasteiger partial charge in [-0.3, -0.25) is 9.59 Å². The minimum Gasteiger partial charge on any atom is -0.490 e. The van der Waals surface area contributed by atoms with Crippen LogP contribution in [-0.2, 0) is 9.59 Å². The standard InChI is InChI=1S/C17H23NO5/c1-4-22-14-7-6-11(8-15(14)23-5-2)10(3)18-16(19)12-9-13(12)17(20)21/h6-8,10,12-13H,4-5,9H2,1-3H3,(H,18,19)(H,20,21). The Morgan fingerprint density at radius 1 is 1.22 bits per heavy atom. The second-order valence-electron chi connectivity index (χ2n) is 5.59. The first-order valence-electron chi connectivity index (χ1n) is 7.90. The van der Waals surface area contributed by atoms with Gasteiger partial charge in [0.25, 0.3) is 0 Å². The average Bonchev–Trinajstić information content (AvgIpc) is 3.30. The van der Waals surface area contributed by atoms with E-state index in [0.717, 1.165) is 5.56 Å². The summed E-state index contributed by atoms with van der Waals surface area (Å²) in [5.74, 6) is -0.757. The lowest BCUT2D eigenvalue weighted by Gasteiger charge is -2.17. The molecule has 0 aliphatic heterocycles. The molecule has 126 valence electrons. The largest absolute Gasteiger partial charge is 0.490 e. The van der Waals surface area contributed by atoms with E-state index in [9.17, 15) is 9.59 Å². The molecule has 6 nitrogen and oxygen atoms in total. The van der Waals surface area contributed by atoms with Gasteiger partial charge in [-0.1, -0.05) is 6.07 Å². The van der Waals surface area contributed by atoms with E-state index in [1.165, 1.54) is 0 Å². The molecule has 1 saturated carbocycles. The maximum absolute atomic E-state index is 12.1. The Kier molecular flexibility index (Phi) is 5.47. The third-order valence-electron chi connectivity index (χ3n) is 3.87. The number of hydrogen-bond acceptors (Lipinski definition) is 4. The fourth-order valence-electron chi connectivity index (χ4n) is 2.50. The van der Waals surface area contributed by atoms with E-state index in [0.29, 0.717) is 31.1 Å². The van der Waals surface area contributed by atoms with Crippen molar-refractivity contribution in [2.24, 2.45) is 11.8 Å². The van der Waals surface area contributed by atoms with Crippen molar-refractivity contribution < 1.29 is 24.2 Å². The van der Waals surface area contributed by atoms with E-state index in [4.69, 9.17) is 14.6 Å². The van der Waals surface area contributed by atoms with Crippen molar-refractivity contribution >= 4 is 11.9 Å². The van der Waals surface area contributed by atoms with Crippen molar-refractivity contribution in [3.05, 3.63) is 23.8 Å². The molecule has 1 aromatic rings. The lowest BCUT2D eigenvalue weighted by atomic mass is 10.1. The molecule has 1 amide bonds. The summed E-state index contributed by atoms with van der Waals surface area (Å²) in [6.07, 6.45) is 0.418. The maximum atomic E-state index is 12.1. The van der Waals surface area contributed by atoms with E-state index < -0.39 is 17.8 Å². The number of aliphatic carboxylic acids is 1. The zero-order valence-corrected chi connectivity index (χ0v) is 13.7. The molecule has 1 aromatic carbocycles. The second kappa shape index (κ2) is 7.35. The lowest BCUT2D eigenvalue weighted by Crippen LogP contribution is -2.29. The highest BCUT2D eigenvalue weighted by molar-refractivity contribution is 5.89. The van der Waals surface area contributed by atoms with Gasteiger partial charge < -0.3 is 19.9 Å². The smallest absolute Gasteiger partial charge is 0.307 e. The summed E-state index contributed by atoms with van der Waals surface area (Å²) in [5.41, 5.74) is 0.887. The molecule has 1 aliphatic rings. The van der Waals surface area contributed by atoms with Crippen molar-refractivity contribution in [2.45, 2.75) is 33.2 Å². The zero-order valence-electron chi connectivity index (χ0n) is 13.7. The highest BCUT2D eigenvalue weighted by atomic mass is 16.5. The van der Waals surface area contributed by atoms with Crippen molar-refractivity contribution in [1.29, 1.82) is 0 Å². The number of benzene rings is 1. The Labute approximate surface area is 135 Å². The summed E-state index contributed by atoms with van der Waals surface area (Å²) in [4.78, 5) is 22.9. The molecule has 0 heterocycles. The predicted octanol–water partition coefficient (Wildman–Crippen LogP) is 2.38. The van der Waals surface area contributed by atoms with Gasteiger partial charge in [-0.2, -0.15) is 0 Å². The number of carboxylic acids is 1. The Hall–Kier alpha value is -2.24. The van der Waals surface area contributed by atoms with Crippen LogP contribution in [0.3, 0.4) is 0 Å². The molecule has 6 heteroatoms. The predicted molar refractivity (Wildman–Crippen MR) is 84.6 cm³/mol. The Bertz CT molecular complexity index is 586. The van der Waals surface area contributed by atoms with Crippen molar-refractivity contribution in [3.8, 4) is 11.5 Å². The van der Waals surface area contributed by atoms with E-state index in [-0.39, 0.29) is 11.9 Å². The minimum absolute atomic E-state index is 0.211. The third-order valence-corrected chi connectivity index (χ3v) is 3.87. The van der Waals surface area contributed by atoms with Crippen LogP contribution in [0.1, 0.15) is 38.8 Å². The second-order valence-corrected chi connectivity index (χ2v) is 5.59. The summed E-state index contributed by atoms with van der Waals surface area (Å²) in [7, 11) is 0. The van der Waals surface area contributed by atoms with Gasteiger partial charge in [-0.05, 0) is 44.9 Å². The van der Waals surface area contributed by atoms with Crippen LogP contribution in [0.4, 0.5) is 0 Å². The van der Waals surface area contributed by atoms with E-state index >= 15 is 0 Å². The van der Waals surface area contributed by atoms with Gasteiger partial charge in [0.15, 0.2) is 11.5 Å². The van der Waals surface area contributed by atoms with Gasteiger partial charge in [0, 0.05) is 0 Å². The molecule has 3 unspecified atom stereocenters. The summed E-state index contributed by atoms with van der Waals surface area (Å²) in [5, 5.41) is 11.8. The first-order valence-corrected chi connectivity index (χ1v) is 7.90. The number of ether oxygens (including phenoxy) is 2. The highest BCUT2D eigenvalue weighted by Gasteiger charge is 2.48. The summed E-state index contributed by atoms with van der Waals surface area (Å²) in [6, 6.07) is 5.32. The number of carboxylic acid groups (broad SMARTS) is 1. The Morgan fingerprint density at radius 3 is 2.43 bits per heavy atom. The highest BCUT2D eigenvalue weighted by Crippen LogP contribution is 2.39. The van der Waals surface area contributed by atoms with Crippen molar-refractivity contribution in [3.63, 3.8) is 0 Å². The van der Waals surface area contributed by atoms with Crippen molar-refractivity contribution in [2.75, 3.05) is 13.2 Å². The summed E-state index contributed by atoms with van der Waals surface area (Å²) >= 11 is 0. The molecule has 1 aliphatic carbocycles. The normalized spacial score (nSPS) is 20.5. The van der Waals surface area contributed by atoms with E-state index in [1.54, 1.807) is 0 Å². The number of amides is 1. The number of nitrogens with one attached hydrogen (secondary N) is 1. The van der Waals surface area contributed by atoms with Gasteiger partial charge in [0.05, 0.1) is 31.1 Å². The van der Waals surface area contributed by atoms with Crippen LogP contribution >= 0.6 is 0 Å².